The normalized spacial score (nSPS) is 20.7. The van der Waals surface area contributed by atoms with Crippen molar-refractivity contribution < 1.29 is 14.3 Å². The fourth-order valence-corrected chi connectivity index (χ4v) is 6.72. The fraction of sp³-hybridized carbons (Fsp3) is 0.355. The summed E-state index contributed by atoms with van der Waals surface area (Å²) in [6, 6.07) is 20.0. The van der Waals surface area contributed by atoms with Crippen LogP contribution in [0.5, 0.6) is 5.75 Å². The zero-order valence-corrected chi connectivity index (χ0v) is 22.5. The standard InChI is InChI=1S/C31H34N2O3S/c1-4-9-22-19-23(20-27-25-10-7-8-11-26(25)30(34)33(22)27)32(18-5-2)31(35)29-17-16-28(37-29)21-12-14-24(15-13-21)36-6-3/h4,7-17,22-23,27H,5-6,18-20H2,1-3H3/b9-4+/t22-,23?,27+/m1/s1. The van der Waals surface area contributed by atoms with Gasteiger partial charge in [-0.25, -0.2) is 0 Å². The number of thiophene rings is 1. The Balaban J connectivity index is 1.41. The van der Waals surface area contributed by atoms with Crippen molar-refractivity contribution in [2.45, 2.75) is 58.2 Å². The molecule has 192 valence electrons. The Labute approximate surface area is 223 Å². The van der Waals surface area contributed by atoms with Crippen LogP contribution in [-0.4, -0.2) is 46.8 Å². The molecule has 0 spiro atoms. The van der Waals surface area contributed by atoms with Crippen molar-refractivity contribution in [1.29, 1.82) is 0 Å². The minimum Gasteiger partial charge on any atom is -0.494 e. The molecule has 0 bridgehead atoms. The van der Waals surface area contributed by atoms with E-state index in [0.29, 0.717) is 13.2 Å². The Morgan fingerprint density at radius 1 is 1.08 bits per heavy atom. The van der Waals surface area contributed by atoms with Crippen LogP contribution < -0.4 is 4.74 Å². The van der Waals surface area contributed by atoms with E-state index in [1.165, 1.54) is 0 Å². The van der Waals surface area contributed by atoms with Crippen LogP contribution in [0.25, 0.3) is 10.4 Å². The molecule has 0 aliphatic carbocycles. The molecule has 0 N–H and O–H groups in total. The third-order valence-electron chi connectivity index (χ3n) is 7.33. The van der Waals surface area contributed by atoms with Crippen LogP contribution in [0.2, 0.25) is 0 Å². The summed E-state index contributed by atoms with van der Waals surface area (Å²) < 4.78 is 5.56. The summed E-state index contributed by atoms with van der Waals surface area (Å²) in [7, 11) is 0. The summed E-state index contributed by atoms with van der Waals surface area (Å²) in [6.07, 6.45) is 6.54. The van der Waals surface area contributed by atoms with Gasteiger partial charge in [-0.2, -0.15) is 0 Å². The number of nitrogens with zero attached hydrogens (tertiary/aromatic N) is 2. The highest BCUT2D eigenvalue weighted by atomic mass is 32.1. The van der Waals surface area contributed by atoms with Gasteiger partial charge in [-0.15, -0.1) is 11.3 Å². The van der Waals surface area contributed by atoms with Crippen LogP contribution in [0, 0.1) is 0 Å². The molecule has 5 nitrogen and oxygen atoms in total. The first-order valence-corrected chi connectivity index (χ1v) is 14.1. The summed E-state index contributed by atoms with van der Waals surface area (Å²) in [5, 5.41) is 0. The molecule has 37 heavy (non-hydrogen) atoms. The molecule has 1 aromatic heterocycles. The molecule has 2 amide bonds. The second-order valence-corrected chi connectivity index (χ2v) is 10.7. The Morgan fingerprint density at radius 2 is 1.86 bits per heavy atom. The van der Waals surface area contributed by atoms with Crippen LogP contribution in [0.4, 0.5) is 0 Å². The van der Waals surface area contributed by atoms with Gasteiger partial charge in [0.1, 0.15) is 5.75 Å². The van der Waals surface area contributed by atoms with Crippen molar-refractivity contribution in [3.05, 3.63) is 88.8 Å². The monoisotopic (exact) mass is 514 g/mol. The predicted molar refractivity (Wildman–Crippen MR) is 149 cm³/mol. The van der Waals surface area contributed by atoms with E-state index in [2.05, 4.69) is 24.0 Å². The van der Waals surface area contributed by atoms with Gasteiger partial charge in [0.05, 0.1) is 23.6 Å². The SMILES string of the molecule is C/C=C/[C@@H]1CC(N(CCC)C(=O)c2ccc(-c3ccc(OCC)cc3)s2)C[C@H]2c3ccccc3C(=O)N12. The summed E-state index contributed by atoms with van der Waals surface area (Å²) in [6.45, 7) is 7.42. The number of amides is 2. The number of ether oxygens (including phenoxy) is 1. The summed E-state index contributed by atoms with van der Waals surface area (Å²) >= 11 is 1.54. The van der Waals surface area contributed by atoms with Gasteiger partial charge < -0.3 is 14.5 Å². The molecule has 2 aliphatic rings. The molecule has 6 heteroatoms. The Hall–Kier alpha value is -3.38. The van der Waals surface area contributed by atoms with E-state index >= 15 is 0 Å². The zero-order valence-electron chi connectivity index (χ0n) is 21.7. The first kappa shape index (κ1) is 25.3. The fourth-order valence-electron chi connectivity index (χ4n) is 5.75. The van der Waals surface area contributed by atoms with Crippen molar-refractivity contribution in [3.8, 4) is 16.2 Å². The first-order chi connectivity index (χ1) is 18.0. The number of allylic oxidation sites excluding steroid dienone is 1. The highest BCUT2D eigenvalue weighted by Gasteiger charge is 2.46. The topological polar surface area (TPSA) is 49.9 Å². The number of fused-ring (bicyclic) bond motifs is 3. The lowest BCUT2D eigenvalue weighted by molar-refractivity contribution is 0.0327. The Bertz CT molecular complexity index is 1300. The molecular weight excluding hydrogens is 480 g/mol. The smallest absolute Gasteiger partial charge is 0.264 e. The molecule has 1 fully saturated rings. The lowest BCUT2D eigenvalue weighted by atomic mass is 9.88. The molecule has 3 atom stereocenters. The van der Waals surface area contributed by atoms with Crippen molar-refractivity contribution in [1.82, 2.24) is 9.80 Å². The number of piperidine rings is 1. The van der Waals surface area contributed by atoms with E-state index in [4.69, 9.17) is 4.74 Å². The van der Waals surface area contributed by atoms with E-state index in [9.17, 15) is 9.59 Å². The summed E-state index contributed by atoms with van der Waals surface area (Å²) in [5.41, 5.74) is 2.97. The highest BCUT2D eigenvalue weighted by molar-refractivity contribution is 7.17. The van der Waals surface area contributed by atoms with Crippen molar-refractivity contribution in [3.63, 3.8) is 0 Å². The molecule has 1 unspecified atom stereocenters. The second-order valence-electron chi connectivity index (χ2n) is 9.65. The van der Waals surface area contributed by atoms with Gasteiger partial charge in [0, 0.05) is 23.0 Å². The number of rotatable bonds is 8. The number of hydrogen-bond donors (Lipinski definition) is 0. The third kappa shape index (κ3) is 4.82. The maximum absolute atomic E-state index is 13.9. The van der Waals surface area contributed by atoms with Crippen molar-refractivity contribution in [2.24, 2.45) is 0 Å². The Morgan fingerprint density at radius 3 is 2.59 bits per heavy atom. The largest absolute Gasteiger partial charge is 0.494 e. The van der Waals surface area contributed by atoms with E-state index in [0.717, 1.165) is 51.5 Å². The molecule has 2 aromatic carbocycles. The van der Waals surface area contributed by atoms with Gasteiger partial charge in [0.25, 0.3) is 11.8 Å². The van der Waals surface area contributed by atoms with E-state index in [1.807, 2.05) is 79.4 Å². The van der Waals surface area contributed by atoms with Gasteiger partial charge in [-0.1, -0.05) is 37.3 Å². The highest BCUT2D eigenvalue weighted by Crippen LogP contribution is 2.44. The molecule has 2 aliphatic heterocycles. The van der Waals surface area contributed by atoms with Gasteiger partial charge in [-0.05, 0) is 86.7 Å². The minimum atomic E-state index is -0.0245. The lowest BCUT2D eigenvalue weighted by Gasteiger charge is -2.44. The van der Waals surface area contributed by atoms with Crippen LogP contribution in [0.15, 0.2) is 72.8 Å². The van der Waals surface area contributed by atoms with Crippen LogP contribution in [0.3, 0.4) is 0 Å². The second kappa shape index (κ2) is 10.9. The van der Waals surface area contributed by atoms with Gasteiger partial charge in [0.2, 0.25) is 0 Å². The zero-order chi connectivity index (χ0) is 25.9. The van der Waals surface area contributed by atoms with E-state index < -0.39 is 0 Å². The quantitative estimate of drug-likeness (QED) is 0.305. The van der Waals surface area contributed by atoms with E-state index in [1.54, 1.807) is 11.3 Å². The van der Waals surface area contributed by atoms with Crippen LogP contribution in [-0.2, 0) is 0 Å². The first-order valence-electron chi connectivity index (χ1n) is 13.2. The minimum absolute atomic E-state index is 0.00134. The molecule has 1 saturated heterocycles. The number of carbonyl (C=O) groups excluding carboxylic acids is 2. The summed E-state index contributed by atoms with van der Waals surface area (Å²) in [4.78, 5) is 33.1. The average molecular weight is 515 g/mol. The van der Waals surface area contributed by atoms with E-state index in [-0.39, 0.29) is 29.9 Å². The maximum Gasteiger partial charge on any atom is 0.264 e. The molecule has 0 radical (unpaired) electrons. The van der Waals surface area contributed by atoms with Crippen LogP contribution >= 0.6 is 11.3 Å². The van der Waals surface area contributed by atoms with Gasteiger partial charge in [-0.3, -0.25) is 9.59 Å². The van der Waals surface area contributed by atoms with Crippen LogP contribution in [0.1, 0.15) is 71.7 Å². The van der Waals surface area contributed by atoms with Crippen molar-refractivity contribution in [2.75, 3.05) is 13.2 Å². The van der Waals surface area contributed by atoms with Gasteiger partial charge >= 0.3 is 0 Å². The van der Waals surface area contributed by atoms with Gasteiger partial charge in [0.15, 0.2) is 0 Å². The Kier molecular flexibility index (Phi) is 7.47. The molecule has 3 heterocycles. The number of carbonyl (C=O) groups is 2. The summed E-state index contributed by atoms with van der Waals surface area (Å²) in [5.74, 6) is 1.04. The molecule has 3 aromatic rings. The lowest BCUT2D eigenvalue weighted by Crippen LogP contribution is -2.52. The number of hydrogen-bond acceptors (Lipinski definition) is 4. The van der Waals surface area contributed by atoms with Crippen molar-refractivity contribution >= 4 is 23.2 Å². The molecule has 0 saturated carbocycles. The average Bonchev–Trinajstić information content (AvgIpc) is 3.52. The molecule has 5 rings (SSSR count). The molecular formula is C31H34N2O3S. The number of benzene rings is 2. The predicted octanol–water partition coefficient (Wildman–Crippen LogP) is 6.97. The maximum atomic E-state index is 13.9. The third-order valence-corrected chi connectivity index (χ3v) is 8.46.